The molecule has 1 saturated heterocycles. The van der Waals surface area contributed by atoms with Crippen molar-refractivity contribution in [3.8, 4) is 17.1 Å². The van der Waals surface area contributed by atoms with Gasteiger partial charge in [0.25, 0.3) is 11.5 Å². The minimum atomic E-state index is -1.34. The van der Waals surface area contributed by atoms with Crippen LogP contribution < -0.4 is 10.3 Å². The third kappa shape index (κ3) is 5.01. The maximum absolute atomic E-state index is 13.7. The van der Waals surface area contributed by atoms with E-state index < -0.39 is 11.2 Å². The Kier molecular flexibility index (Phi) is 7.71. The number of nitrogens with zero attached hydrogens (tertiary/aromatic N) is 6. The molecule has 0 spiro atoms. The number of amides is 1. The molecule has 0 saturated carbocycles. The normalized spacial score (nSPS) is 17.6. The zero-order chi connectivity index (χ0) is 28.8. The molecule has 1 amide bonds. The number of halogens is 3. The number of methoxy groups -OCH3 is 1. The average Bonchev–Trinajstić information content (AvgIpc) is 3.41. The van der Waals surface area contributed by atoms with E-state index in [9.17, 15) is 14.7 Å². The molecule has 2 aromatic carbocycles. The molecule has 40 heavy (non-hydrogen) atoms. The first-order valence-corrected chi connectivity index (χ1v) is 13.7. The van der Waals surface area contributed by atoms with E-state index in [0.29, 0.717) is 52.9 Å². The minimum Gasteiger partial charge on any atom is -0.497 e. The first kappa shape index (κ1) is 28.2. The van der Waals surface area contributed by atoms with Gasteiger partial charge in [0.05, 0.1) is 34.7 Å². The van der Waals surface area contributed by atoms with Crippen molar-refractivity contribution in [1.82, 2.24) is 29.3 Å². The van der Waals surface area contributed by atoms with Gasteiger partial charge in [0.15, 0.2) is 0 Å². The van der Waals surface area contributed by atoms with Crippen molar-refractivity contribution in [2.75, 3.05) is 20.2 Å². The van der Waals surface area contributed by atoms with Crippen LogP contribution in [-0.2, 0) is 12.6 Å². The van der Waals surface area contributed by atoms with Crippen molar-refractivity contribution in [1.29, 1.82) is 0 Å². The van der Waals surface area contributed by atoms with E-state index >= 15 is 0 Å². The van der Waals surface area contributed by atoms with Gasteiger partial charge in [-0.2, -0.15) is 0 Å². The summed E-state index contributed by atoms with van der Waals surface area (Å²) in [7, 11) is 3.28. The number of aliphatic hydroxyl groups is 1. The van der Waals surface area contributed by atoms with Gasteiger partial charge >= 0.3 is 0 Å². The highest BCUT2D eigenvalue weighted by Crippen LogP contribution is 2.35. The third-order valence-corrected chi connectivity index (χ3v) is 8.14. The number of carbonyl (C=O) groups excluding carboxylic acids is 1. The summed E-state index contributed by atoms with van der Waals surface area (Å²) in [6.45, 7) is 2.33. The van der Waals surface area contributed by atoms with Crippen molar-refractivity contribution in [2.24, 2.45) is 7.05 Å². The Morgan fingerprint density at radius 3 is 2.52 bits per heavy atom. The van der Waals surface area contributed by atoms with Gasteiger partial charge in [-0.3, -0.25) is 14.3 Å². The molecule has 1 unspecified atom stereocenters. The van der Waals surface area contributed by atoms with Crippen molar-refractivity contribution >= 4 is 40.7 Å². The van der Waals surface area contributed by atoms with E-state index in [0.717, 1.165) is 0 Å². The number of rotatable bonds is 5. The van der Waals surface area contributed by atoms with Crippen LogP contribution in [0.1, 0.15) is 41.0 Å². The van der Waals surface area contributed by atoms with Crippen LogP contribution in [0.3, 0.4) is 0 Å². The Balaban J connectivity index is 1.39. The summed E-state index contributed by atoms with van der Waals surface area (Å²) in [5.41, 5.74) is 0.185. The second-order valence-electron chi connectivity index (χ2n) is 9.75. The lowest BCUT2D eigenvalue weighted by Crippen LogP contribution is -2.36. The van der Waals surface area contributed by atoms with Crippen LogP contribution in [0.25, 0.3) is 11.4 Å². The van der Waals surface area contributed by atoms with Crippen LogP contribution in [0.2, 0.25) is 15.1 Å². The zero-order valence-corrected chi connectivity index (χ0v) is 24.3. The number of ether oxygens (including phenoxy) is 1. The number of hydrogen-bond donors (Lipinski definition) is 1. The summed E-state index contributed by atoms with van der Waals surface area (Å²) < 4.78 is 9.80. The lowest BCUT2D eigenvalue weighted by atomic mass is 9.92. The molecule has 1 aliphatic rings. The molecule has 5 rings (SSSR count). The van der Waals surface area contributed by atoms with Gasteiger partial charge in [-0.05, 0) is 50.5 Å². The summed E-state index contributed by atoms with van der Waals surface area (Å²) in [6.07, 6.45) is 2.62. The molecule has 4 aromatic rings. The van der Waals surface area contributed by atoms with Crippen molar-refractivity contribution in [3.63, 3.8) is 0 Å². The maximum Gasteiger partial charge on any atom is 0.284 e. The van der Waals surface area contributed by atoms with Gasteiger partial charge in [-0.1, -0.05) is 46.1 Å². The molecular weight excluding hydrogens is 579 g/mol. The molecule has 3 heterocycles. The number of hydrogen-bond acceptors (Lipinski definition) is 6. The molecule has 1 N–H and O–H groups in total. The lowest BCUT2D eigenvalue weighted by Gasteiger charge is -2.24. The highest BCUT2D eigenvalue weighted by molar-refractivity contribution is 6.40. The summed E-state index contributed by atoms with van der Waals surface area (Å²) in [4.78, 5) is 28.8. The van der Waals surface area contributed by atoms with Crippen LogP contribution in [-0.4, -0.2) is 60.5 Å². The second-order valence-corrected chi connectivity index (χ2v) is 11.0. The summed E-state index contributed by atoms with van der Waals surface area (Å²) in [5.74, 6) is 0.216. The van der Waals surface area contributed by atoms with Crippen LogP contribution in [0, 0.1) is 6.92 Å². The largest absolute Gasteiger partial charge is 0.497 e. The van der Waals surface area contributed by atoms with Crippen LogP contribution in [0.5, 0.6) is 5.75 Å². The Hall–Kier alpha value is -3.31. The van der Waals surface area contributed by atoms with E-state index in [1.54, 1.807) is 73.3 Å². The molecule has 0 bridgehead atoms. The van der Waals surface area contributed by atoms with Gasteiger partial charge < -0.3 is 14.7 Å². The molecule has 1 aliphatic heterocycles. The van der Waals surface area contributed by atoms with Crippen LogP contribution >= 0.6 is 34.8 Å². The molecule has 10 nitrogen and oxygen atoms in total. The van der Waals surface area contributed by atoms with Crippen LogP contribution in [0.15, 0.2) is 47.4 Å². The smallest absolute Gasteiger partial charge is 0.284 e. The highest BCUT2D eigenvalue weighted by atomic mass is 35.5. The fraction of sp³-hybridized carbons (Fsp3) is 0.333. The van der Waals surface area contributed by atoms with Gasteiger partial charge in [0.1, 0.15) is 28.3 Å². The second kappa shape index (κ2) is 10.9. The molecule has 1 fully saturated rings. The van der Waals surface area contributed by atoms with E-state index in [4.69, 9.17) is 39.5 Å². The van der Waals surface area contributed by atoms with Crippen LogP contribution in [0.4, 0.5) is 0 Å². The fourth-order valence-corrected chi connectivity index (χ4v) is 6.05. The molecular formula is C27H27Cl3N6O4. The lowest BCUT2D eigenvalue weighted by molar-refractivity contribution is 0.0170. The molecule has 13 heteroatoms. The SMILES string of the molecule is COc1cccc(-n2c(=O)c(C(=O)N3CCCC(O)(c4cn(-c5c(Cl)cc(Cl)cc5Cl)nn4)CC3)c(C)n2C)c1. The third-order valence-electron chi connectivity index (χ3n) is 7.35. The number of carbonyl (C=O) groups is 1. The molecule has 1 atom stereocenters. The quantitative estimate of drug-likeness (QED) is 0.358. The number of likely N-dealkylation sites (tertiary alicyclic amines) is 1. The predicted octanol–water partition coefficient (Wildman–Crippen LogP) is 4.55. The van der Waals surface area contributed by atoms with Gasteiger partial charge in [-0.15, -0.1) is 5.10 Å². The first-order valence-electron chi connectivity index (χ1n) is 12.6. The minimum absolute atomic E-state index is 0.0914. The Bertz CT molecular complexity index is 1640. The Morgan fingerprint density at radius 2 is 1.82 bits per heavy atom. The van der Waals surface area contributed by atoms with E-state index in [2.05, 4.69) is 10.3 Å². The zero-order valence-electron chi connectivity index (χ0n) is 22.1. The fourth-order valence-electron chi connectivity index (χ4n) is 5.06. The van der Waals surface area contributed by atoms with Gasteiger partial charge in [0.2, 0.25) is 0 Å². The molecule has 210 valence electrons. The summed E-state index contributed by atoms with van der Waals surface area (Å²) in [6, 6.07) is 10.2. The standard InChI is InChI=1S/C27H27Cl3N6O4/c1-16-23(26(38)36(33(16)2)18-6-4-7-19(14-18)40-3)25(37)34-10-5-8-27(39,9-11-34)22-15-35(32-31-22)24-20(29)12-17(28)13-21(24)30/h4,6-7,12-15,39H,5,8-11H2,1-3H3. The monoisotopic (exact) mass is 604 g/mol. The molecule has 0 aliphatic carbocycles. The molecule has 2 aromatic heterocycles. The topological polar surface area (TPSA) is 107 Å². The number of aromatic nitrogens is 5. The van der Waals surface area contributed by atoms with E-state index in [1.807, 2.05) is 0 Å². The predicted molar refractivity (Wildman–Crippen MR) is 152 cm³/mol. The Morgan fingerprint density at radius 1 is 1.10 bits per heavy atom. The Labute approximate surface area is 245 Å². The summed E-state index contributed by atoms with van der Waals surface area (Å²) in [5, 5.41) is 20.9. The van der Waals surface area contributed by atoms with E-state index in [1.165, 1.54) is 9.36 Å². The van der Waals surface area contributed by atoms with Gasteiger partial charge in [0, 0.05) is 31.2 Å². The van der Waals surface area contributed by atoms with Crippen molar-refractivity contribution in [2.45, 2.75) is 31.8 Å². The maximum atomic E-state index is 13.7. The van der Waals surface area contributed by atoms with Gasteiger partial charge in [-0.25, -0.2) is 9.36 Å². The first-order chi connectivity index (χ1) is 19.0. The number of benzene rings is 2. The van der Waals surface area contributed by atoms with E-state index in [-0.39, 0.29) is 34.5 Å². The average molecular weight is 606 g/mol. The van der Waals surface area contributed by atoms with Crippen molar-refractivity contribution < 1.29 is 14.6 Å². The summed E-state index contributed by atoms with van der Waals surface area (Å²) >= 11 is 18.7. The molecule has 0 radical (unpaired) electrons. The van der Waals surface area contributed by atoms with Crippen molar-refractivity contribution in [3.05, 3.63) is 85.0 Å². The highest BCUT2D eigenvalue weighted by Gasteiger charge is 2.37.